The highest BCUT2D eigenvalue weighted by atomic mass is 79.9. The maximum atomic E-state index is 11.7. The van der Waals surface area contributed by atoms with E-state index >= 15 is 0 Å². The third kappa shape index (κ3) is 4.35. The minimum Gasteiger partial charge on any atom is -0.476 e. The summed E-state index contributed by atoms with van der Waals surface area (Å²) in [5.74, 6) is -0.0528. The van der Waals surface area contributed by atoms with Gasteiger partial charge in [-0.1, -0.05) is 22.0 Å². The summed E-state index contributed by atoms with van der Waals surface area (Å²) >= 11 is 3.32. The Morgan fingerprint density at radius 2 is 2.19 bits per heavy atom. The molecule has 2 aromatic rings. The van der Waals surface area contributed by atoms with Crippen molar-refractivity contribution in [2.45, 2.75) is 6.92 Å². The molecule has 7 heteroatoms. The summed E-state index contributed by atoms with van der Waals surface area (Å²) in [6.45, 7) is 1.30. The first-order valence-corrected chi connectivity index (χ1v) is 6.87. The van der Waals surface area contributed by atoms with E-state index in [4.69, 9.17) is 9.15 Å². The van der Waals surface area contributed by atoms with E-state index in [2.05, 4.69) is 26.8 Å². The van der Waals surface area contributed by atoms with Gasteiger partial charge in [0.15, 0.2) is 6.61 Å². The van der Waals surface area contributed by atoms with Crippen LogP contribution < -0.4 is 21.0 Å². The maximum Gasteiger partial charge on any atom is 0.276 e. The predicted molar refractivity (Wildman–Crippen MR) is 81.1 cm³/mol. The van der Waals surface area contributed by atoms with Crippen molar-refractivity contribution in [1.82, 2.24) is 5.43 Å². The van der Waals surface area contributed by atoms with Gasteiger partial charge in [-0.3, -0.25) is 20.4 Å². The molecule has 1 aromatic carbocycles. The standard InChI is InChI=1S/C14H13BrN2O4/c1-9-14(12(18)5-6-20-9)21-8-13(19)17-16-11-4-2-3-10(15)7-11/h2-7,16H,8H2,1H3,(H,17,19). The van der Waals surface area contributed by atoms with Crippen LogP contribution in [0.15, 0.2) is 50.3 Å². The van der Waals surface area contributed by atoms with Crippen LogP contribution in [0, 0.1) is 6.92 Å². The van der Waals surface area contributed by atoms with Crippen LogP contribution in [0.3, 0.4) is 0 Å². The lowest BCUT2D eigenvalue weighted by Gasteiger charge is -2.10. The van der Waals surface area contributed by atoms with Crippen LogP contribution in [0.1, 0.15) is 5.76 Å². The fourth-order valence-corrected chi connectivity index (χ4v) is 1.95. The smallest absolute Gasteiger partial charge is 0.276 e. The lowest BCUT2D eigenvalue weighted by atomic mass is 10.3. The molecule has 1 aromatic heterocycles. The highest BCUT2D eigenvalue weighted by Gasteiger charge is 2.09. The van der Waals surface area contributed by atoms with Gasteiger partial charge < -0.3 is 9.15 Å². The summed E-state index contributed by atoms with van der Waals surface area (Å²) in [7, 11) is 0. The van der Waals surface area contributed by atoms with Crippen molar-refractivity contribution in [2.75, 3.05) is 12.0 Å². The van der Waals surface area contributed by atoms with Crippen LogP contribution >= 0.6 is 15.9 Å². The van der Waals surface area contributed by atoms with E-state index in [0.717, 1.165) is 4.47 Å². The average Bonchev–Trinajstić information content (AvgIpc) is 2.45. The predicted octanol–water partition coefficient (Wildman–Crippen LogP) is 2.23. The summed E-state index contributed by atoms with van der Waals surface area (Å²) in [6, 6.07) is 8.53. The molecule has 0 unspecified atom stereocenters. The number of rotatable bonds is 5. The number of nitrogens with one attached hydrogen (secondary N) is 2. The van der Waals surface area contributed by atoms with Gasteiger partial charge >= 0.3 is 0 Å². The van der Waals surface area contributed by atoms with Gasteiger partial charge in [-0.15, -0.1) is 0 Å². The molecule has 6 nitrogen and oxygen atoms in total. The van der Waals surface area contributed by atoms with Gasteiger partial charge in [-0.2, -0.15) is 0 Å². The minimum atomic E-state index is -0.419. The van der Waals surface area contributed by atoms with Crippen LogP contribution in [-0.4, -0.2) is 12.5 Å². The van der Waals surface area contributed by atoms with Gasteiger partial charge in [0.1, 0.15) is 5.76 Å². The molecule has 0 aliphatic carbocycles. The van der Waals surface area contributed by atoms with Crippen molar-refractivity contribution in [3.63, 3.8) is 0 Å². The lowest BCUT2D eigenvalue weighted by molar-refractivity contribution is -0.122. The summed E-state index contributed by atoms with van der Waals surface area (Å²) in [5, 5.41) is 0. The zero-order valence-corrected chi connectivity index (χ0v) is 12.8. The van der Waals surface area contributed by atoms with Crippen molar-refractivity contribution < 1.29 is 13.9 Å². The molecule has 0 aliphatic rings. The summed E-state index contributed by atoms with van der Waals surface area (Å²) in [4.78, 5) is 23.2. The van der Waals surface area contributed by atoms with Crippen molar-refractivity contribution >= 4 is 27.5 Å². The largest absolute Gasteiger partial charge is 0.476 e. The molecule has 110 valence electrons. The van der Waals surface area contributed by atoms with E-state index < -0.39 is 5.91 Å². The first-order chi connectivity index (χ1) is 10.1. The number of anilines is 1. The molecule has 0 bridgehead atoms. The number of amides is 1. The zero-order valence-electron chi connectivity index (χ0n) is 11.2. The number of carbonyl (C=O) groups excluding carboxylic acids is 1. The summed E-state index contributed by atoms with van der Waals surface area (Å²) < 4.78 is 11.1. The molecule has 0 atom stereocenters. The number of hydrogen-bond donors (Lipinski definition) is 2. The second-order valence-corrected chi connectivity index (χ2v) is 5.06. The number of halogens is 1. The molecule has 0 aliphatic heterocycles. The van der Waals surface area contributed by atoms with Gasteiger partial charge in [0.25, 0.3) is 5.91 Å². The van der Waals surface area contributed by atoms with Gasteiger partial charge in [0, 0.05) is 10.5 Å². The normalized spacial score (nSPS) is 10.0. The Kier molecular flexibility index (Phi) is 4.99. The quantitative estimate of drug-likeness (QED) is 0.806. The number of hydrazine groups is 1. The number of ether oxygens (including phenoxy) is 1. The van der Waals surface area contributed by atoms with Crippen molar-refractivity contribution in [3.8, 4) is 5.75 Å². The molecule has 0 saturated carbocycles. The summed E-state index contributed by atoms with van der Waals surface area (Å²) in [5.41, 5.74) is 5.60. The topological polar surface area (TPSA) is 80.6 Å². The number of aryl methyl sites for hydroxylation is 1. The Balaban J connectivity index is 1.87. The van der Waals surface area contributed by atoms with Gasteiger partial charge in [-0.25, -0.2) is 0 Å². The maximum absolute atomic E-state index is 11.7. The number of carbonyl (C=O) groups is 1. The van der Waals surface area contributed by atoms with E-state index in [1.165, 1.54) is 12.3 Å². The van der Waals surface area contributed by atoms with Crippen LogP contribution in [0.4, 0.5) is 5.69 Å². The van der Waals surface area contributed by atoms with E-state index in [9.17, 15) is 9.59 Å². The van der Waals surface area contributed by atoms with Gasteiger partial charge in [0.05, 0.1) is 12.0 Å². The Hall–Kier alpha value is -2.28. The molecule has 1 heterocycles. The third-order valence-corrected chi connectivity index (χ3v) is 3.02. The molecular weight excluding hydrogens is 340 g/mol. The zero-order chi connectivity index (χ0) is 15.2. The Morgan fingerprint density at radius 1 is 1.38 bits per heavy atom. The van der Waals surface area contributed by atoms with Gasteiger partial charge in [-0.05, 0) is 25.1 Å². The molecule has 1 amide bonds. The van der Waals surface area contributed by atoms with Crippen molar-refractivity contribution in [2.24, 2.45) is 0 Å². The number of hydrogen-bond acceptors (Lipinski definition) is 5. The van der Waals surface area contributed by atoms with E-state index in [1.54, 1.807) is 19.1 Å². The lowest BCUT2D eigenvalue weighted by Crippen LogP contribution is -2.34. The molecule has 0 saturated heterocycles. The highest BCUT2D eigenvalue weighted by molar-refractivity contribution is 9.10. The number of benzene rings is 1. The third-order valence-electron chi connectivity index (χ3n) is 2.53. The Labute approximate surface area is 129 Å². The van der Waals surface area contributed by atoms with E-state index in [0.29, 0.717) is 11.4 Å². The first kappa shape index (κ1) is 15.1. The fourth-order valence-electron chi connectivity index (χ4n) is 1.56. The van der Waals surface area contributed by atoms with Crippen LogP contribution in [0.5, 0.6) is 5.75 Å². The molecule has 2 N–H and O–H groups in total. The minimum absolute atomic E-state index is 0.0371. The fraction of sp³-hybridized carbons (Fsp3) is 0.143. The summed E-state index contributed by atoms with van der Waals surface area (Å²) in [6.07, 6.45) is 1.28. The molecule has 0 fully saturated rings. The monoisotopic (exact) mass is 352 g/mol. The molecule has 0 radical (unpaired) electrons. The van der Waals surface area contributed by atoms with Crippen molar-refractivity contribution in [3.05, 3.63) is 57.1 Å². The Bertz CT molecular complexity index is 699. The molecular formula is C14H13BrN2O4. The molecule has 0 spiro atoms. The second kappa shape index (κ2) is 6.94. The first-order valence-electron chi connectivity index (χ1n) is 6.08. The van der Waals surface area contributed by atoms with Gasteiger partial charge in [0.2, 0.25) is 11.2 Å². The van der Waals surface area contributed by atoms with Crippen LogP contribution in [0.2, 0.25) is 0 Å². The van der Waals surface area contributed by atoms with Crippen LogP contribution in [-0.2, 0) is 4.79 Å². The second-order valence-electron chi connectivity index (χ2n) is 4.14. The van der Waals surface area contributed by atoms with Crippen LogP contribution in [0.25, 0.3) is 0 Å². The highest BCUT2D eigenvalue weighted by Crippen LogP contribution is 2.14. The van der Waals surface area contributed by atoms with E-state index in [1.807, 2.05) is 12.1 Å². The van der Waals surface area contributed by atoms with E-state index in [-0.39, 0.29) is 17.8 Å². The Morgan fingerprint density at radius 3 is 2.90 bits per heavy atom. The SMILES string of the molecule is Cc1occc(=O)c1OCC(=O)NNc1cccc(Br)c1. The molecule has 2 rings (SSSR count). The average molecular weight is 353 g/mol. The molecule has 21 heavy (non-hydrogen) atoms. The van der Waals surface area contributed by atoms with Crippen molar-refractivity contribution in [1.29, 1.82) is 0 Å².